The predicted octanol–water partition coefficient (Wildman–Crippen LogP) is 4.14. The molecule has 0 aliphatic carbocycles. The van der Waals surface area contributed by atoms with Crippen LogP contribution in [0.25, 0.3) is 0 Å². The van der Waals surface area contributed by atoms with Crippen molar-refractivity contribution in [3.63, 3.8) is 0 Å². The van der Waals surface area contributed by atoms with E-state index in [2.05, 4.69) is 17.4 Å². The van der Waals surface area contributed by atoms with Gasteiger partial charge >= 0.3 is 0 Å². The van der Waals surface area contributed by atoms with Crippen LogP contribution in [-0.2, 0) is 15.3 Å². The van der Waals surface area contributed by atoms with Crippen LogP contribution in [0.3, 0.4) is 0 Å². The highest BCUT2D eigenvalue weighted by Crippen LogP contribution is 2.28. The molecule has 2 rings (SSSR count). The number of nitrogens with one attached hydrogen (secondary N) is 1. The van der Waals surface area contributed by atoms with E-state index in [0.717, 1.165) is 15.0 Å². The van der Waals surface area contributed by atoms with Crippen LogP contribution in [0.2, 0.25) is 4.34 Å². The monoisotopic (exact) mass is 355 g/mol. The molecule has 0 spiro atoms. The number of carbonyl (C=O) groups excluding carboxylic acids is 1. The van der Waals surface area contributed by atoms with E-state index in [1.807, 2.05) is 30.3 Å². The number of methoxy groups -OCH3 is 1. The van der Waals surface area contributed by atoms with E-state index >= 15 is 0 Å². The number of benzene rings is 1. The maximum absolute atomic E-state index is 11.9. The van der Waals surface area contributed by atoms with Crippen LogP contribution < -0.4 is 5.32 Å². The average molecular weight is 356 g/mol. The number of rotatable bonds is 8. The van der Waals surface area contributed by atoms with Crippen molar-refractivity contribution in [3.05, 3.63) is 57.2 Å². The Kier molecular flexibility index (Phi) is 7.25. The molecule has 0 bridgehead atoms. The van der Waals surface area contributed by atoms with Crippen LogP contribution in [0.5, 0.6) is 0 Å². The standard InChI is InChI=1S/C16H18ClNO2S2/c1-20-13(14-7-8-15(17)22-14)9-18-16(19)11-21-10-12-5-3-2-4-6-12/h2-8,13H,9-11H2,1H3,(H,18,19)/t13-/m1/s1. The summed E-state index contributed by atoms with van der Waals surface area (Å²) in [6.45, 7) is 0.456. The molecule has 6 heteroatoms. The van der Waals surface area contributed by atoms with Gasteiger partial charge in [-0.3, -0.25) is 4.79 Å². The fourth-order valence-corrected chi connectivity index (χ4v) is 3.85. The Morgan fingerprint density at radius 3 is 2.73 bits per heavy atom. The fraction of sp³-hybridized carbons (Fsp3) is 0.312. The first-order chi connectivity index (χ1) is 10.7. The first-order valence-corrected chi connectivity index (χ1v) is 9.20. The van der Waals surface area contributed by atoms with Crippen LogP contribution in [0, 0.1) is 0 Å². The molecule has 0 radical (unpaired) electrons. The summed E-state index contributed by atoms with van der Waals surface area (Å²) in [5, 5.41) is 2.91. The van der Waals surface area contributed by atoms with E-state index in [0.29, 0.717) is 12.3 Å². The molecule has 1 heterocycles. The highest BCUT2D eigenvalue weighted by molar-refractivity contribution is 7.99. The summed E-state index contributed by atoms with van der Waals surface area (Å²) in [5.41, 5.74) is 1.23. The van der Waals surface area contributed by atoms with Crippen LogP contribution >= 0.6 is 34.7 Å². The number of ether oxygens (including phenoxy) is 1. The van der Waals surface area contributed by atoms with Crippen LogP contribution in [-0.4, -0.2) is 25.3 Å². The molecule has 3 nitrogen and oxygen atoms in total. The molecule has 1 amide bonds. The summed E-state index contributed by atoms with van der Waals surface area (Å²) in [7, 11) is 1.63. The van der Waals surface area contributed by atoms with Gasteiger partial charge in [-0.25, -0.2) is 0 Å². The van der Waals surface area contributed by atoms with Gasteiger partial charge in [0.2, 0.25) is 5.91 Å². The molecule has 1 aromatic carbocycles. The zero-order valence-corrected chi connectivity index (χ0v) is 14.6. The van der Waals surface area contributed by atoms with Gasteiger partial charge in [-0.15, -0.1) is 23.1 Å². The van der Waals surface area contributed by atoms with Crippen molar-refractivity contribution in [2.45, 2.75) is 11.9 Å². The number of thioether (sulfide) groups is 1. The van der Waals surface area contributed by atoms with E-state index in [9.17, 15) is 4.79 Å². The van der Waals surface area contributed by atoms with Crippen molar-refractivity contribution in [2.75, 3.05) is 19.4 Å². The molecule has 1 atom stereocenters. The molecule has 0 saturated carbocycles. The smallest absolute Gasteiger partial charge is 0.230 e. The van der Waals surface area contributed by atoms with Crippen LogP contribution in [0.4, 0.5) is 0 Å². The van der Waals surface area contributed by atoms with Crippen molar-refractivity contribution < 1.29 is 9.53 Å². The Morgan fingerprint density at radius 1 is 1.32 bits per heavy atom. The maximum Gasteiger partial charge on any atom is 0.230 e. The number of halogens is 1. The Hall–Kier alpha value is -1.01. The van der Waals surface area contributed by atoms with Gasteiger partial charge < -0.3 is 10.1 Å². The average Bonchev–Trinajstić information content (AvgIpc) is 2.95. The van der Waals surface area contributed by atoms with Gasteiger partial charge in [0.25, 0.3) is 0 Å². The summed E-state index contributed by atoms with van der Waals surface area (Å²) in [4.78, 5) is 12.9. The minimum Gasteiger partial charge on any atom is -0.374 e. The molecule has 118 valence electrons. The molecule has 0 fully saturated rings. The summed E-state index contributed by atoms with van der Waals surface area (Å²) < 4.78 is 6.13. The topological polar surface area (TPSA) is 38.3 Å². The molecule has 0 aliphatic rings. The zero-order valence-electron chi connectivity index (χ0n) is 12.3. The molecular formula is C16H18ClNO2S2. The lowest BCUT2D eigenvalue weighted by molar-refractivity contribution is -0.119. The van der Waals surface area contributed by atoms with Gasteiger partial charge in [0, 0.05) is 24.3 Å². The minimum absolute atomic E-state index is 0.0191. The Bertz CT molecular complexity index is 589. The van der Waals surface area contributed by atoms with Gasteiger partial charge in [-0.05, 0) is 17.7 Å². The van der Waals surface area contributed by atoms with Gasteiger partial charge in [0.05, 0.1) is 10.1 Å². The molecule has 2 aromatic rings. The summed E-state index contributed by atoms with van der Waals surface area (Å²) in [6.07, 6.45) is -0.152. The lowest BCUT2D eigenvalue weighted by atomic mass is 10.2. The number of hydrogen-bond acceptors (Lipinski definition) is 4. The number of hydrogen-bond donors (Lipinski definition) is 1. The molecule has 22 heavy (non-hydrogen) atoms. The molecule has 1 N–H and O–H groups in total. The Balaban J connectivity index is 1.70. The quantitative estimate of drug-likeness (QED) is 0.773. The lowest BCUT2D eigenvalue weighted by Gasteiger charge is -2.14. The van der Waals surface area contributed by atoms with Crippen LogP contribution in [0.1, 0.15) is 16.5 Å². The second-order valence-corrected chi connectivity index (χ2v) is 7.38. The number of amides is 1. The predicted molar refractivity (Wildman–Crippen MR) is 94.7 cm³/mol. The zero-order chi connectivity index (χ0) is 15.8. The third-order valence-electron chi connectivity index (χ3n) is 3.03. The Labute approximate surface area is 144 Å². The number of carbonyl (C=O) groups is 1. The van der Waals surface area contributed by atoms with Gasteiger partial charge in [0.1, 0.15) is 6.10 Å². The molecule has 0 saturated heterocycles. The third kappa shape index (κ3) is 5.65. The van der Waals surface area contributed by atoms with Crippen molar-refractivity contribution >= 4 is 40.6 Å². The van der Waals surface area contributed by atoms with E-state index in [4.69, 9.17) is 16.3 Å². The summed E-state index contributed by atoms with van der Waals surface area (Å²) in [6, 6.07) is 13.9. The lowest BCUT2D eigenvalue weighted by Crippen LogP contribution is -2.30. The molecule has 0 aliphatic heterocycles. The fourth-order valence-electron chi connectivity index (χ4n) is 1.89. The molecular weight excluding hydrogens is 338 g/mol. The van der Waals surface area contributed by atoms with E-state index in [1.165, 1.54) is 16.9 Å². The number of thiophene rings is 1. The first-order valence-electron chi connectivity index (χ1n) is 6.85. The largest absolute Gasteiger partial charge is 0.374 e. The normalized spacial score (nSPS) is 12.1. The van der Waals surface area contributed by atoms with E-state index in [1.54, 1.807) is 18.9 Å². The Morgan fingerprint density at radius 2 is 2.09 bits per heavy atom. The van der Waals surface area contributed by atoms with Gasteiger partial charge in [-0.2, -0.15) is 0 Å². The van der Waals surface area contributed by atoms with Gasteiger partial charge in [0.15, 0.2) is 0 Å². The van der Waals surface area contributed by atoms with Crippen molar-refractivity contribution in [1.82, 2.24) is 5.32 Å². The van der Waals surface area contributed by atoms with Crippen LogP contribution in [0.15, 0.2) is 42.5 Å². The van der Waals surface area contributed by atoms with Crippen molar-refractivity contribution in [2.24, 2.45) is 0 Å². The highest BCUT2D eigenvalue weighted by atomic mass is 35.5. The first kappa shape index (κ1) is 17.3. The second-order valence-electron chi connectivity index (χ2n) is 4.65. The van der Waals surface area contributed by atoms with Crippen molar-refractivity contribution in [1.29, 1.82) is 0 Å². The summed E-state index contributed by atoms with van der Waals surface area (Å²) >= 11 is 9.00. The third-order valence-corrected chi connectivity index (χ3v) is 5.35. The molecule has 0 unspecified atom stereocenters. The van der Waals surface area contributed by atoms with Gasteiger partial charge in [-0.1, -0.05) is 41.9 Å². The molecule has 1 aromatic heterocycles. The van der Waals surface area contributed by atoms with E-state index in [-0.39, 0.29) is 12.0 Å². The van der Waals surface area contributed by atoms with E-state index < -0.39 is 0 Å². The van der Waals surface area contributed by atoms with Crippen molar-refractivity contribution in [3.8, 4) is 0 Å². The highest BCUT2D eigenvalue weighted by Gasteiger charge is 2.14. The maximum atomic E-state index is 11.9. The SMILES string of the molecule is CO[C@H](CNC(=O)CSCc1ccccc1)c1ccc(Cl)s1. The second kappa shape index (κ2) is 9.20. The summed E-state index contributed by atoms with van der Waals surface area (Å²) in [5.74, 6) is 1.30. The minimum atomic E-state index is -0.152.